The molecule has 5 heteroatoms. The van der Waals surface area contributed by atoms with Crippen LogP contribution in [0.5, 0.6) is 0 Å². The summed E-state index contributed by atoms with van der Waals surface area (Å²) in [6, 6.07) is 8.04. The number of hydrogen-bond donors (Lipinski definition) is 2. The number of fused-ring (bicyclic) bond motifs is 1. The molecule has 18 heavy (non-hydrogen) atoms. The van der Waals surface area contributed by atoms with Gasteiger partial charge < -0.3 is 11.1 Å². The lowest BCUT2D eigenvalue weighted by Gasteiger charge is -2.01. The Hall–Kier alpha value is -1.72. The second-order valence-electron chi connectivity index (χ2n) is 4.31. The Kier molecular flexibility index (Phi) is 2.85. The minimum absolute atomic E-state index is 0.0595. The average molecular weight is 259 g/mol. The molecule has 2 heterocycles. The maximum Gasteiger partial charge on any atom is 0.228 e. The molecule has 92 valence electrons. The van der Waals surface area contributed by atoms with E-state index in [2.05, 4.69) is 15.8 Å². The summed E-state index contributed by atoms with van der Waals surface area (Å²) < 4.78 is 4.43. The molecule has 0 aliphatic carbocycles. The van der Waals surface area contributed by atoms with Crippen LogP contribution in [-0.2, 0) is 17.6 Å². The van der Waals surface area contributed by atoms with Crippen LogP contribution in [0.1, 0.15) is 10.4 Å². The van der Waals surface area contributed by atoms with Gasteiger partial charge in [-0.3, -0.25) is 4.79 Å². The summed E-state index contributed by atoms with van der Waals surface area (Å²) in [5.41, 5.74) is 9.52. The van der Waals surface area contributed by atoms with Crippen LogP contribution >= 0.6 is 11.5 Å². The van der Waals surface area contributed by atoms with Crippen molar-refractivity contribution in [1.29, 1.82) is 0 Å². The first kappa shape index (κ1) is 11.4. The molecule has 1 aromatic carbocycles. The average Bonchev–Trinajstić information content (AvgIpc) is 2.93. The molecular formula is C13H13N3OS. The van der Waals surface area contributed by atoms with Gasteiger partial charge in [0.1, 0.15) is 0 Å². The number of benzene rings is 1. The van der Waals surface area contributed by atoms with Gasteiger partial charge in [0.2, 0.25) is 5.91 Å². The number of amides is 1. The number of nitrogens with two attached hydrogens (primary N) is 1. The van der Waals surface area contributed by atoms with Gasteiger partial charge in [-0.2, -0.15) is 4.37 Å². The molecule has 4 nitrogen and oxygen atoms in total. The zero-order chi connectivity index (χ0) is 12.5. The van der Waals surface area contributed by atoms with Gasteiger partial charge >= 0.3 is 0 Å². The van der Waals surface area contributed by atoms with Gasteiger partial charge in [-0.25, -0.2) is 0 Å². The van der Waals surface area contributed by atoms with Crippen molar-refractivity contribution in [2.75, 3.05) is 11.9 Å². The third kappa shape index (κ3) is 2.02. The lowest BCUT2D eigenvalue weighted by atomic mass is 10.1. The van der Waals surface area contributed by atoms with Crippen molar-refractivity contribution >= 4 is 23.1 Å². The fraction of sp³-hybridized carbons (Fsp3) is 0.231. The summed E-state index contributed by atoms with van der Waals surface area (Å²) >= 11 is 1.49. The maximum absolute atomic E-state index is 11.3. The van der Waals surface area contributed by atoms with E-state index in [0.29, 0.717) is 13.0 Å². The molecule has 0 radical (unpaired) electrons. The highest BCUT2D eigenvalue weighted by molar-refractivity contribution is 7.06. The second-order valence-corrected chi connectivity index (χ2v) is 5.20. The number of carbonyl (C=O) groups is 1. The summed E-state index contributed by atoms with van der Waals surface area (Å²) in [6.07, 6.45) is 1.33. The van der Waals surface area contributed by atoms with Crippen molar-refractivity contribution in [1.82, 2.24) is 4.37 Å². The molecule has 1 amide bonds. The number of anilines is 1. The van der Waals surface area contributed by atoms with Gasteiger partial charge in [0, 0.05) is 16.1 Å². The summed E-state index contributed by atoms with van der Waals surface area (Å²) in [5, 5.41) is 2.83. The van der Waals surface area contributed by atoms with E-state index in [1.54, 1.807) is 0 Å². The first-order valence-corrected chi connectivity index (χ1v) is 6.62. The quantitative estimate of drug-likeness (QED) is 0.883. The predicted molar refractivity (Wildman–Crippen MR) is 72.6 cm³/mol. The lowest BCUT2D eigenvalue weighted by molar-refractivity contribution is -0.115. The first-order chi connectivity index (χ1) is 8.76. The summed E-state index contributed by atoms with van der Waals surface area (Å²) in [6.45, 7) is 0.643. The Balaban J connectivity index is 1.92. The van der Waals surface area contributed by atoms with Gasteiger partial charge in [-0.1, -0.05) is 6.07 Å². The smallest absolute Gasteiger partial charge is 0.228 e. The zero-order valence-electron chi connectivity index (χ0n) is 9.77. The van der Waals surface area contributed by atoms with E-state index in [0.717, 1.165) is 28.9 Å². The Morgan fingerprint density at radius 1 is 1.39 bits per heavy atom. The third-order valence-corrected chi connectivity index (χ3v) is 3.82. The summed E-state index contributed by atoms with van der Waals surface area (Å²) in [7, 11) is 0. The number of aromatic nitrogens is 1. The van der Waals surface area contributed by atoms with Gasteiger partial charge in [-0.05, 0) is 48.3 Å². The SMILES string of the molecule is NCCc1cc(-c2ccc3c(c2)CC(=O)N3)ns1. The molecular weight excluding hydrogens is 246 g/mol. The van der Waals surface area contributed by atoms with Crippen molar-refractivity contribution in [2.45, 2.75) is 12.8 Å². The van der Waals surface area contributed by atoms with E-state index in [9.17, 15) is 4.79 Å². The monoisotopic (exact) mass is 259 g/mol. The summed E-state index contributed by atoms with van der Waals surface area (Å²) in [5.74, 6) is 0.0595. The first-order valence-electron chi connectivity index (χ1n) is 5.85. The van der Waals surface area contributed by atoms with Gasteiger partial charge in [-0.15, -0.1) is 0 Å². The molecule has 1 aromatic heterocycles. The van der Waals surface area contributed by atoms with E-state index in [-0.39, 0.29) is 5.91 Å². The van der Waals surface area contributed by atoms with Gasteiger partial charge in [0.25, 0.3) is 0 Å². The van der Waals surface area contributed by atoms with Crippen LogP contribution in [0.3, 0.4) is 0 Å². The number of hydrogen-bond acceptors (Lipinski definition) is 4. The molecule has 0 saturated carbocycles. The highest BCUT2D eigenvalue weighted by Crippen LogP contribution is 2.29. The number of carbonyl (C=O) groups excluding carboxylic acids is 1. The molecule has 0 fully saturated rings. The molecule has 2 aromatic rings. The minimum atomic E-state index is 0.0595. The molecule has 0 unspecified atom stereocenters. The van der Waals surface area contributed by atoms with Crippen molar-refractivity contribution < 1.29 is 4.79 Å². The molecule has 0 bridgehead atoms. The largest absolute Gasteiger partial charge is 0.330 e. The van der Waals surface area contributed by atoms with Crippen LogP contribution in [0.4, 0.5) is 5.69 Å². The van der Waals surface area contributed by atoms with Crippen LogP contribution in [0.15, 0.2) is 24.3 Å². The van der Waals surface area contributed by atoms with E-state index < -0.39 is 0 Å². The van der Waals surface area contributed by atoms with Crippen LogP contribution in [0, 0.1) is 0 Å². The molecule has 3 rings (SSSR count). The van der Waals surface area contributed by atoms with Crippen molar-refractivity contribution in [3.05, 3.63) is 34.7 Å². The Bertz CT molecular complexity index is 606. The molecule has 0 atom stereocenters. The highest BCUT2D eigenvalue weighted by atomic mass is 32.1. The lowest BCUT2D eigenvalue weighted by Crippen LogP contribution is -2.03. The van der Waals surface area contributed by atoms with E-state index in [4.69, 9.17) is 5.73 Å². The van der Waals surface area contributed by atoms with Crippen LogP contribution in [0.2, 0.25) is 0 Å². The number of rotatable bonds is 3. The normalized spacial score (nSPS) is 13.5. The molecule has 3 N–H and O–H groups in total. The predicted octanol–water partition coefficient (Wildman–Crippen LogP) is 1.81. The third-order valence-electron chi connectivity index (χ3n) is 2.98. The number of nitrogens with one attached hydrogen (secondary N) is 1. The van der Waals surface area contributed by atoms with E-state index in [1.165, 1.54) is 16.4 Å². The van der Waals surface area contributed by atoms with E-state index in [1.807, 2.05) is 18.2 Å². The van der Waals surface area contributed by atoms with Crippen LogP contribution in [-0.4, -0.2) is 16.8 Å². The Morgan fingerprint density at radius 3 is 3.11 bits per heavy atom. The summed E-state index contributed by atoms with van der Waals surface area (Å²) in [4.78, 5) is 12.5. The maximum atomic E-state index is 11.3. The molecule has 0 saturated heterocycles. The van der Waals surface area contributed by atoms with Gasteiger partial charge in [0.15, 0.2) is 0 Å². The highest BCUT2D eigenvalue weighted by Gasteiger charge is 2.18. The minimum Gasteiger partial charge on any atom is -0.330 e. The standard InChI is InChI=1S/C13H13N3OS/c14-4-3-10-7-12(16-18-10)8-1-2-11-9(5-8)6-13(17)15-11/h1-2,5,7H,3-4,6,14H2,(H,15,17). The molecule has 1 aliphatic rings. The van der Waals surface area contributed by atoms with Gasteiger partial charge in [0.05, 0.1) is 12.1 Å². The van der Waals surface area contributed by atoms with Crippen LogP contribution in [0.25, 0.3) is 11.3 Å². The van der Waals surface area contributed by atoms with Crippen molar-refractivity contribution in [3.8, 4) is 11.3 Å². The van der Waals surface area contributed by atoms with Crippen molar-refractivity contribution in [2.24, 2.45) is 5.73 Å². The van der Waals surface area contributed by atoms with Crippen LogP contribution < -0.4 is 11.1 Å². The molecule has 0 spiro atoms. The number of nitrogens with zero attached hydrogens (tertiary/aromatic N) is 1. The molecule has 1 aliphatic heterocycles. The van der Waals surface area contributed by atoms with E-state index >= 15 is 0 Å². The fourth-order valence-corrected chi connectivity index (χ4v) is 2.84. The second kappa shape index (κ2) is 4.51. The topological polar surface area (TPSA) is 68.0 Å². The van der Waals surface area contributed by atoms with Crippen molar-refractivity contribution in [3.63, 3.8) is 0 Å². The Morgan fingerprint density at radius 2 is 2.28 bits per heavy atom. The Labute approximate surface area is 109 Å². The zero-order valence-corrected chi connectivity index (χ0v) is 10.6. The fourth-order valence-electron chi connectivity index (χ4n) is 2.10.